The highest BCUT2D eigenvalue weighted by molar-refractivity contribution is 5.70. The third-order valence-corrected chi connectivity index (χ3v) is 5.78. The summed E-state index contributed by atoms with van der Waals surface area (Å²) in [6.07, 6.45) is 0. The van der Waals surface area contributed by atoms with Gasteiger partial charge in [0.15, 0.2) is 0 Å². The zero-order valence-electron chi connectivity index (χ0n) is 19.5. The van der Waals surface area contributed by atoms with E-state index in [0.29, 0.717) is 5.69 Å². The van der Waals surface area contributed by atoms with Crippen molar-refractivity contribution < 1.29 is 39.6 Å². The van der Waals surface area contributed by atoms with Gasteiger partial charge in [-0.2, -0.15) is 0 Å². The van der Waals surface area contributed by atoms with E-state index in [-0.39, 0.29) is 72.0 Å². The third kappa shape index (κ3) is 10.3. The van der Waals surface area contributed by atoms with Crippen LogP contribution in [0.3, 0.4) is 0 Å². The van der Waals surface area contributed by atoms with Gasteiger partial charge in [0, 0.05) is 57.5 Å². The second-order valence-corrected chi connectivity index (χ2v) is 8.52. The first-order chi connectivity index (χ1) is 16.5. The molecule has 13 nitrogen and oxygen atoms in total. The van der Waals surface area contributed by atoms with E-state index in [9.17, 15) is 39.6 Å². The Hall–Kier alpha value is -3.26. The first kappa shape index (κ1) is 28.0. The van der Waals surface area contributed by atoms with Crippen molar-refractivity contribution in [3.63, 3.8) is 0 Å². The van der Waals surface area contributed by atoms with Crippen LogP contribution in [-0.4, -0.2) is 136 Å². The number of hydrogen-bond acceptors (Lipinski definition) is 9. The SMILES string of the molecule is Nc1ccc(C2CN(CC(=O)O)CCN(CC(=O)O)CCN(CC(=O)O)CCN2CC(=O)O)cc1. The fraction of sp³-hybridized carbons (Fsp3) is 0.545. The van der Waals surface area contributed by atoms with Crippen LogP contribution >= 0.6 is 0 Å². The summed E-state index contributed by atoms with van der Waals surface area (Å²) in [4.78, 5) is 52.6. The Kier molecular flexibility index (Phi) is 10.9. The zero-order chi connectivity index (χ0) is 26.0. The molecule has 2 rings (SSSR count). The third-order valence-electron chi connectivity index (χ3n) is 5.78. The van der Waals surface area contributed by atoms with Crippen LogP contribution in [0.25, 0.3) is 0 Å². The molecule has 194 valence electrons. The summed E-state index contributed by atoms with van der Waals surface area (Å²) in [7, 11) is 0. The van der Waals surface area contributed by atoms with Gasteiger partial charge < -0.3 is 26.2 Å². The van der Waals surface area contributed by atoms with E-state index in [4.69, 9.17) is 5.73 Å². The monoisotopic (exact) mass is 495 g/mol. The number of nitrogens with zero attached hydrogens (tertiary/aromatic N) is 4. The first-order valence-corrected chi connectivity index (χ1v) is 11.2. The van der Waals surface area contributed by atoms with Crippen LogP contribution in [0.15, 0.2) is 24.3 Å². The van der Waals surface area contributed by atoms with Gasteiger partial charge in [0.05, 0.1) is 26.2 Å². The smallest absolute Gasteiger partial charge is 0.317 e. The number of rotatable bonds is 9. The summed E-state index contributed by atoms with van der Waals surface area (Å²) < 4.78 is 0. The fourth-order valence-corrected chi connectivity index (χ4v) is 4.10. The lowest BCUT2D eigenvalue weighted by Crippen LogP contribution is -2.50. The van der Waals surface area contributed by atoms with Crippen molar-refractivity contribution in [2.24, 2.45) is 0 Å². The molecule has 1 unspecified atom stereocenters. The van der Waals surface area contributed by atoms with Gasteiger partial charge in [-0.05, 0) is 17.7 Å². The fourth-order valence-electron chi connectivity index (χ4n) is 4.10. The average molecular weight is 496 g/mol. The number of nitrogen functional groups attached to an aromatic ring is 1. The van der Waals surface area contributed by atoms with E-state index in [1.54, 1.807) is 43.9 Å². The quantitative estimate of drug-likeness (QED) is 0.259. The van der Waals surface area contributed by atoms with Crippen LogP contribution in [0.5, 0.6) is 0 Å². The molecule has 6 N–H and O–H groups in total. The van der Waals surface area contributed by atoms with Crippen molar-refractivity contribution in [3.05, 3.63) is 29.8 Å². The number of benzene rings is 1. The molecule has 0 amide bonds. The number of nitrogens with two attached hydrogens (primary N) is 1. The van der Waals surface area contributed by atoms with E-state index in [1.165, 1.54) is 0 Å². The zero-order valence-corrected chi connectivity index (χ0v) is 19.5. The van der Waals surface area contributed by atoms with E-state index in [0.717, 1.165) is 5.56 Å². The Balaban J connectivity index is 2.43. The first-order valence-electron chi connectivity index (χ1n) is 11.2. The number of carboxylic acids is 4. The van der Waals surface area contributed by atoms with Crippen molar-refractivity contribution in [3.8, 4) is 0 Å². The second kappa shape index (κ2) is 13.6. The van der Waals surface area contributed by atoms with Crippen molar-refractivity contribution in [1.29, 1.82) is 0 Å². The van der Waals surface area contributed by atoms with Crippen LogP contribution < -0.4 is 5.73 Å². The molecule has 0 aliphatic carbocycles. The number of hydrogen-bond donors (Lipinski definition) is 5. The Bertz CT molecular complexity index is 881. The maximum atomic E-state index is 11.7. The molecule has 1 aliphatic rings. The average Bonchev–Trinajstić information content (AvgIpc) is 2.74. The van der Waals surface area contributed by atoms with Gasteiger partial charge in [0.2, 0.25) is 0 Å². The molecule has 1 aliphatic heterocycles. The molecule has 13 heteroatoms. The lowest BCUT2D eigenvalue weighted by atomic mass is 10.0. The maximum Gasteiger partial charge on any atom is 0.317 e. The van der Waals surface area contributed by atoms with Crippen molar-refractivity contribution >= 4 is 29.6 Å². The summed E-state index contributed by atoms with van der Waals surface area (Å²) in [5.74, 6) is -4.22. The Morgan fingerprint density at radius 2 is 1.06 bits per heavy atom. The number of carbonyl (C=O) groups is 4. The molecule has 35 heavy (non-hydrogen) atoms. The minimum absolute atomic E-state index is 0.170. The summed E-state index contributed by atoms with van der Waals surface area (Å²) in [6.45, 7) is 0.405. The molecule has 1 saturated heterocycles. The van der Waals surface area contributed by atoms with E-state index >= 15 is 0 Å². The molecule has 1 aromatic carbocycles. The van der Waals surface area contributed by atoms with Gasteiger partial charge in [0.1, 0.15) is 0 Å². The van der Waals surface area contributed by atoms with Crippen LogP contribution in [-0.2, 0) is 19.2 Å². The Morgan fingerprint density at radius 1 is 0.657 bits per heavy atom. The van der Waals surface area contributed by atoms with E-state index in [2.05, 4.69) is 0 Å². The molecule has 1 atom stereocenters. The molecule has 1 heterocycles. The molecule has 1 fully saturated rings. The maximum absolute atomic E-state index is 11.7. The summed E-state index contributed by atoms with van der Waals surface area (Å²) in [6, 6.07) is 6.34. The molecular weight excluding hydrogens is 462 g/mol. The van der Waals surface area contributed by atoms with Gasteiger partial charge >= 0.3 is 23.9 Å². The Morgan fingerprint density at radius 3 is 1.51 bits per heavy atom. The lowest BCUT2D eigenvalue weighted by molar-refractivity contribution is -0.142. The lowest BCUT2D eigenvalue weighted by Gasteiger charge is -2.37. The number of carboxylic acid groups (broad SMARTS) is 4. The van der Waals surface area contributed by atoms with Gasteiger partial charge in [-0.25, -0.2) is 0 Å². The predicted octanol–water partition coefficient (Wildman–Crippen LogP) is -1.13. The standard InChI is InChI=1S/C22H33N5O8/c23-17-3-1-16(2-4-17)18-11-26(14-21(32)33)8-7-24(12-19(28)29)5-6-25(13-20(30)31)9-10-27(18)15-22(34)35/h1-4,18H,5-15,23H2,(H,28,29)(H,30,31)(H,32,33)(H,34,35). The summed E-state index contributed by atoms with van der Waals surface area (Å²) in [5, 5.41) is 37.6. The highest BCUT2D eigenvalue weighted by Crippen LogP contribution is 2.24. The van der Waals surface area contributed by atoms with Crippen LogP contribution in [0.1, 0.15) is 11.6 Å². The van der Waals surface area contributed by atoms with Crippen molar-refractivity contribution in [2.45, 2.75) is 6.04 Å². The van der Waals surface area contributed by atoms with E-state index < -0.39 is 29.9 Å². The Labute approximate surface area is 202 Å². The van der Waals surface area contributed by atoms with Crippen molar-refractivity contribution in [2.75, 3.05) is 77.7 Å². The molecule has 0 radical (unpaired) electrons. The molecule has 1 aromatic rings. The normalized spacial score (nSPS) is 19.9. The minimum Gasteiger partial charge on any atom is -0.480 e. The number of anilines is 1. The van der Waals surface area contributed by atoms with Crippen LogP contribution in [0.2, 0.25) is 0 Å². The van der Waals surface area contributed by atoms with Crippen LogP contribution in [0, 0.1) is 0 Å². The molecule has 0 spiro atoms. The van der Waals surface area contributed by atoms with Gasteiger partial charge in [-0.1, -0.05) is 12.1 Å². The molecule has 0 saturated carbocycles. The molecule has 0 bridgehead atoms. The molecule has 0 aromatic heterocycles. The topological polar surface area (TPSA) is 188 Å². The summed E-state index contributed by atoms with van der Waals surface area (Å²) >= 11 is 0. The second-order valence-electron chi connectivity index (χ2n) is 8.52. The summed E-state index contributed by atoms with van der Waals surface area (Å²) in [5.41, 5.74) is 7.07. The highest BCUT2D eigenvalue weighted by atomic mass is 16.4. The largest absolute Gasteiger partial charge is 0.480 e. The molecular formula is C22H33N5O8. The predicted molar refractivity (Wildman–Crippen MR) is 125 cm³/mol. The van der Waals surface area contributed by atoms with Gasteiger partial charge in [-0.3, -0.25) is 38.8 Å². The highest BCUT2D eigenvalue weighted by Gasteiger charge is 2.28. The van der Waals surface area contributed by atoms with Gasteiger partial charge in [0.25, 0.3) is 0 Å². The minimum atomic E-state index is -1.07. The van der Waals surface area contributed by atoms with Gasteiger partial charge in [-0.15, -0.1) is 0 Å². The number of aliphatic carboxylic acids is 4. The van der Waals surface area contributed by atoms with Crippen molar-refractivity contribution in [1.82, 2.24) is 19.6 Å². The van der Waals surface area contributed by atoms with E-state index in [1.807, 2.05) is 0 Å². The van der Waals surface area contributed by atoms with Crippen LogP contribution in [0.4, 0.5) is 5.69 Å².